The summed E-state index contributed by atoms with van der Waals surface area (Å²) in [5.41, 5.74) is 0.643. The highest BCUT2D eigenvalue weighted by atomic mass is 35.5. The Labute approximate surface area is 101 Å². The van der Waals surface area contributed by atoms with Crippen LogP contribution in [0, 0.1) is 0 Å². The normalized spacial score (nSPS) is 10.6. The average Bonchev–Trinajstić information content (AvgIpc) is 2.66. The SMILES string of the molecule is ClCc1noc(-c2ccc(Cl)cc2Cl)n1. The van der Waals surface area contributed by atoms with E-state index in [1.807, 2.05) is 0 Å². The van der Waals surface area contributed by atoms with Gasteiger partial charge in [-0.2, -0.15) is 4.98 Å². The first-order chi connectivity index (χ1) is 7.20. The van der Waals surface area contributed by atoms with Gasteiger partial charge in [-0.3, -0.25) is 0 Å². The summed E-state index contributed by atoms with van der Waals surface area (Å²) < 4.78 is 4.99. The number of alkyl halides is 1. The van der Waals surface area contributed by atoms with E-state index in [1.165, 1.54) is 0 Å². The summed E-state index contributed by atoms with van der Waals surface area (Å²) in [5, 5.41) is 4.69. The molecule has 1 aromatic carbocycles. The van der Waals surface area contributed by atoms with Crippen molar-refractivity contribution >= 4 is 34.8 Å². The van der Waals surface area contributed by atoms with Crippen molar-refractivity contribution in [2.75, 3.05) is 0 Å². The Morgan fingerprint density at radius 1 is 1.27 bits per heavy atom. The first-order valence-electron chi connectivity index (χ1n) is 4.04. The number of aromatic nitrogens is 2. The maximum atomic E-state index is 5.97. The lowest BCUT2D eigenvalue weighted by molar-refractivity contribution is 0.425. The number of benzene rings is 1. The third-order valence-electron chi connectivity index (χ3n) is 1.75. The molecule has 0 bridgehead atoms. The van der Waals surface area contributed by atoms with Crippen molar-refractivity contribution in [2.24, 2.45) is 0 Å². The van der Waals surface area contributed by atoms with Gasteiger partial charge in [0.15, 0.2) is 5.82 Å². The van der Waals surface area contributed by atoms with Crippen LogP contribution >= 0.6 is 34.8 Å². The summed E-state index contributed by atoms with van der Waals surface area (Å²) in [7, 11) is 0. The molecule has 2 rings (SSSR count). The molecule has 6 heteroatoms. The molecule has 0 amide bonds. The number of nitrogens with zero attached hydrogens (tertiary/aromatic N) is 2. The van der Waals surface area contributed by atoms with Gasteiger partial charge in [-0.05, 0) is 18.2 Å². The molecule has 2 aromatic rings. The maximum absolute atomic E-state index is 5.97. The van der Waals surface area contributed by atoms with Crippen LogP contribution in [0.2, 0.25) is 10.0 Å². The molecule has 0 saturated carbocycles. The molecular formula is C9H5Cl3N2O. The fraction of sp³-hybridized carbons (Fsp3) is 0.111. The highest BCUT2D eigenvalue weighted by Crippen LogP contribution is 2.29. The minimum Gasteiger partial charge on any atom is -0.334 e. The Kier molecular flexibility index (Phi) is 3.14. The summed E-state index contributed by atoms with van der Waals surface area (Å²) in [5.74, 6) is 0.972. The van der Waals surface area contributed by atoms with Crippen LogP contribution in [0.3, 0.4) is 0 Å². The Hall–Kier alpha value is -0.770. The first-order valence-corrected chi connectivity index (χ1v) is 5.33. The zero-order valence-corrected chi connectivity index (χ0v) is 9.64. The van der Waals surface area contributed by atoms with Crippen LogP contribution in [0.15, 0.2) is 22.7 Å². The molecule has 0 atom stereocenters. The Bertz CT molecular complexity index is 484. The van der Waals surface area contributed by atoms with Gasteiger partial charge in [0.2, 0.25) is 0 Å². The summed E-state index contributed by atoms with van der Waals surface area (Å²) in [4.78, 5) is 4.05. The fourth-order valence-corrected chi connectivity index (χ4v) is 1.68. The molecule has 1 aromatic heterocycles. The largest absolute Gasteiger partial charge is 0.334 e. The zero-order valence-electron chi connectivity index (χ0n) is 7.38. The van der Waals surface area contributed by atoms with Crippen LogP contribution in [-0.4, -0.2) is 10.1 Å². The van der Waals surface area contributed by atoms with Crippen LogP contribution in [-0.2, 0) is 5.88 Å². The average molecular weight is 264 g/mol. The van der Waals surface area contributed by atoms with Gasteiger partial charge < -0.3 is 4.52 Å². The van der Waals surface area contributed by atoms with Crippen molar-refractivity contribution in [1.29, 1.82) is 0 Å². The second-order valence-corrected chi connectivity index (χ2v) is 3.88. The highest BCUT2D eigenvalue weighted by Gasteiger charge is 2.11. The van der Waals surface area contributed by atoms with E-state index in [2.05, 4.69) is 10.1 Å². The molecule has 3 nitrogen and oxygen atoms in total. The number of rotatable bonds is 2. The minimum absolute atomic E-state index is 0.203. The lowest BCUT2D eigenvalue weighted by atomic mass is 10.2. The molecule has 0 saturated heterocycles. The van der Waals surface area contributed by atoms with Crippen LogP contribution in [0.1, 0.15) is 5.82 Å². The zero-order chi connectivity index (χ0) is 10.8. The van der Waals surface area contributed by atoms with Gasteiger partial charge in [0.05, 0.1) is 16.5 Å². The third kappa shape index (κ3) is 2.25. The van der Waals surface area contributed by atoms with Gasteiger partial charge in [-0.25, -0.2) is 0 Å². The predicted molar refractivity (Wildman–Crippen MR) is 59.3 cm³/mol. The lowest BCUT2D eigenvalue weighted by Gasteiger charge is -1.97. The number of hydrogen-bond donors (Lipinski definition) is 0. The van der Waals surface area contributed by atoms with Crippen molar-refractivity contribution in [3.8, 4) is 11.5 Å². The molecule has 15 heavy (non-hydrogen) atoms. The van der Waals surface area contributed by atoms with Crippen LogP contribution in [0.4, 0.5) is 0 Å². The third-order valence-corrected chi connectivity index (χ3v) is 2.54. The van der Waals surface area contributed by atoms with Gasteiger partial charge in [-0.1, -0.05) is 28.4 Å². The van der Waals surface area contributed by atoms with Crippen LogP contribution in [0.5, 0.6) is 0 Å². The standard InChI is InChI=1S/C9H5Cl3N2O/c10-4-8-13-9(15-14-8)6-2-1-5(11)3-7(6)12/h1-3H,4H2. The summed E-state index contributed by atoms with van der Waals surface area (Å²) in [6.07, 6.45) is 0. The van der Waals surface area contributed by atoms with E-state index in [9.17, 15) is 0 Å². The van der Waals surface area contributed by atoms with Gasteiger partial charge in [-0.15, -0.1) is 11.6 Å². The minimum atomic E-state index is 0.203. The summed E-state index contributed by atoms with van der Waals surface area (Å²) >= 11 is 17.3. The smallest absolute Gasteiger partial charge is 0.259 e. The summed E-state index contributed by atoms with van der Waals surface area (Å²) in [6.45, 7) is 0. The van der Waals surface area contributed by atoms with E-state index >= 15 is 0 Å². The molecule has 0 unspecified atom stereocenters. The van der Waals surface area contributed by atoms with Crippen molar-refractivity contribution in [3.63, 3.8) is 0 Å². The van der Waals surface area contributed by atoms with E-state index in [0.717, 1.165) is 0 Å². The van der Waals surface area contributed by atoms with Crippen molar-refractivity contribution in [1.82, 2.24) is 10.1 Å². The van der Waals surface area contributed by atoms with E-state index in [0.29, 0.717) is 27.3 Å². The van der Waals surface area contributed by atoms with Gasteiger partial charge >= 0.3 is 0 Å². The molecule has 0 aliphatic carbocycles. The molecule has 78 valence electrons. The molecule has 1 heterocycles. The molecular weight excluding hydrogens is 258 g/mol. The van der Waals surface area contributed by atoms with E-state index < -0.39 is 0 Å². The molecule has 0 N–H and O–H groups in total. The van der Waals surface area contributed by atoms with E-state index in [-0.39, 0.29) is 5.88 Å². The topological polar surface area (TPSA) is 38.9 Å². The van der Waals surface area contributed by atoms with E-state index in [1.54, 1.807) is 18.2 Å². The van der Waals surface area contributed by atoms with Crippen LogP contribution in [0.25, 0.3) is 11.5 Å². The van der Waals surface area contributed by atoms with Crippen molar-refractivity contribution in [2.45, 2.75) is 5.88 Å². The maximum Gasteiger partial charge on any atom is 0.259 e. The van der Waals surface area contributed by atoms with Crippen molar-refractivity contribution in [3.05, 3.63) is 34.1 Å². The number of hydrogen-bond acceptors (Lipinski definition) is 3. The second kappa shape index (κ2) is 4.39. The molecule has 0 radical (unpaired) electrons. The fourth-order valence-electron chi connectivity index (χ4n) is 1.08. The van der Waals surface area contributed by atoms with E-state index in [4.69, 9.17) is 39.3 Å². The molecule has 0 aliphatic heterocycles. The lowest BCUT2D eigenvalue weighted by Crippen LogP contribution is -1.82. The quantitative estimate of drug-likeness (QED) is 0.774. The Morgan fingerprint density at radius 2 is 2.07 bits per heavy atom. The molecule has 0 fully saturated rings. The first kappa shape index (κ1) is 10.7. The van der Waals surface area contributed by atoms with Gasteiger partial charge in [0.25, 0.3) is 5.89 Å². The van der Waals surface area contributed by atoms with Crippen molar-refractivity contribution < 1.29 is 4.52 Å². The Balaban J connectivity index is 2.44. The van der Waals surface area contributed by atoms with Gasteiger partial charge in [0, 0.05) is 5.02 Å². The predicted octanol–water partition coefficient (Wildman–Crippen LogP) is 3.78. The molecule has 0 spiro atoms. The van der Waals surface area contributed by atoms with Crippen LogP contribution < -0.4 is 0 Å². The monoisotopic (exact) mass is 262 g/mol. The highest BCUT2D eigenvalue weighted by molar-refractivity contribution is 6.36. The van der Waals surface area contributed by atoms with Gasteiger partial charge in [0.1, 0.15) is 0 Å². The number of halogens is 3. The second-order valence-electron chi connectivity index (χ2n) is 2.77. The summed E-state index contributed by atoms with van der Waals surface area (Å²) in [6, 6.07) is 5.03. The Morgan fingerprint density at radius 3 is 2.67 bits per heavy atom. The molecule has 0 aliphatic rings.